The van der Waals surface area contributed by atoms with Gasteiger partial charge in [0.25, 0.3) is 10.0 Å². The number of fused-ring (bicyclic) bond motifs is 2. The number of hydrogen-bond donors (Lipinski definition) is 1. The fourth-order valence-corrected chi connectivity index (χ4v) is 6.41. The van der Waals surface area contributed by atoms with Gasteiger partial charge in [0.2, 0.25) is 15.4 Å². The summed E-state index contributed by atoms with van der Waals surface area (Å²) in [4.78, 5) is 11.0. The first-order valence-corrected chi connectivity index (χ1v) is 9.36. The number of alkyl halides is 1. The van der Waals surface area contributed by atoms with Gasteiger partial charge in [-0.3, -0.25) is 4.79 Å². The number of anilines is 1. The average molecular weight is 351 g/mol. The second-order valence-corrected chi connectivity index (χ2v) is 8.95. The highest BCUT2D eigenvalue weighted by Crippen LogP contribution is 2.41. The zero-order chi connectivity index (χ0) is 15.2. The number of nitrogens with one attached hydrogen (secondary N) is 1. The summed E-state index contributed by atoms with van der Waals surface area (Å²) in [6, 6.07) is -0.103. The van der Waals surface area contributed by atoms with Crippen molar-refractivity contribution >= 4 is 44.0 Å². The molecule has 10 heteroatoms. The minimum Gasteiger partial charge on any atom is -0.301 e. The molecule has 0 spiro atoms. The third-order valence-electron chi connectivity index (χ3n) is 3.80. The number of amides is 1. The Morgan fingerprint density at radius 3 is 2.52 bits per heavy atom. The van der Waals surface area contributed by atoms with Crippen molar-refractivity contribution in [2.75, 3.05) is 5.32 Å². The highest BCUT2D eigenvalue weighted by Gasteiger charge is 2.47. The van der Waals surface area contributed by atoms with Crippen LogP contribution in [-0.2, 0) is 14.8 Å². The molecule has 2 atom stereocenters. The van der Waals surface area contributed by atoms with Gasteiger partial charge >= 0.3 is 0 Å². The van der Waals surface area contributed by atoms with Crippen molar-refractivity contribution in [1.29, 1.82) is 0 Å². The minimum absolute atomic E-state index is 0.0401. The first-order chi connectivity index (χ1) is 9.88. The van der Waals surface area contributed by atoms with Gasteiger partial charge in [0.05, 0.1) is 0 Å². The Morgan fingerprint density at radius 2 is 1.95 bits per heavy atom. The first-order valence-electron chi connectivity index (χ1n) is 6.66. The van der Waals surface area contributed by atoms with E-state index in [1.807, 2.05) is 0 Å². The molecular weight excluding hydrogens is 336 g/mol. The number of aromatic nitrogens is 2. The van der Waals surface area contributed by atoms with E-state index in [-0.39, 0.29) is 32.8 Å². The standard InChI is InChI=1S/C11H15ClN4O3S2/c1-6(17)13-10-14-15-11(20-10)21(18,19)16-8-2-3-9(16)5-7(12)4-8/h7-9H,2-5H2,1H3,(H,13,14,17). The predicted octanol–water partition coefficient (Wildman–Crippen LogP) is 1.42. The fraction of sp³-hybridized carbons (Fsp3) is 0.727. The molecule has 0 radical (unpaired) electrons. The molecule has 2 saturated heterocycles. The third-order valence-corrected chi connectivity index (χ3v) is 7.34. The zero-order valence-electron chi connectivity index (χ0n) is 11.3. The molecular formula is C11H15ClN4O3S2. The average Bonchev–Trinajstić information content (AvgIpc) is 2.93. The Morgan fingerprint density at radius 1 is 1.33 bits per heavy atom. The van der Waals surface area contributed by atoms with Crippen LogP contribution in [0.4, 0.5) is 5.13 Å². The van der Waals surface area contributed by atoms with Crippen molar-refractivity contribution < 1.29 is 13.2 Å². The van der Waals surface area contributed by atoms with Crippen molar-refractivity contribution in [3.05, 3.63) is 0 Å². The molecule has 2 aliphatic rings. The van der Waals surface area contributed by atoms with Crippen LogP contribution in [0.15, 0.2) is 4.34 Å². The maximum atomic E-state index is 12.7. The van der Waals surface area contributed by atoms with E-state index < -0.39 is 10.0 Å². The molecule has 1 aromatic heterocycles. The SMILES string of the molecule is CC(=O)Nc1nnc(S(=O)(=O)N2C3CCC2CC(Cl)C3)s1. The summed E-state index contributed by atoms with van der Waals surface area (Å²) in [5.74, 6) is -0.307. The molecule has 0 aliphatic carbocycles. The van der Waals surface area contributed by atoms with E-state index in [0.717, 1.165) is 24.2 Å². The van der Waals surface area contributed by atoms with Crippen LogP contribution in [0, 0.1) is 0 Å². The van der Waals surface area contributed by atoms with Crippen LogP contribution in [0.5, 0.6) is 0 Å². The topological polar surface area (TPSA) is 92.3 Å². The lowest BCUT2D eigenvalue weighted by molar-refractivity contribution is -0.114. The molecule has 0 saturated carbocycles. The molecule has 1 N–H and O–H groups in total. The predicted molar refractivity (Wildman–Crippen MR) is 78.9 cm³/mol. The van der Waals surface area contributed by atoms with E-state index in [1.54, 1.807) is 4.31 Å². The van der Waals surface area contributed by atoms with Crippen molar-refractivity contribution in [2.45, 2.75) is 54.4 Å². The van der Waals surface area contributed by atoms with Crippen molar-refractivity contribution in [3.63, 3.8) is 0 Å². The maximum Gasteiger partial charge on any atom is 0.272 e. The van der Waals surface area contributed by atoms with Crippen LogP contribution in [0.3, 0.4) is 0 Å². The van der Waals surface area contributed by atoms with Crippen LogP contribution in [0.2, 0.25) is 0 Å². The second-order valence-electron chi connectivity index (χ2n) is 5.34. The Labute approximate surface area is 131 Å². The number of carbonyl (C=O) groups is 1. The summed E-state index contributed by atoms with van der Waals surface area (Å²) < 4.78 is 26.9. The number of piperidine rings is 1. The number of hydrogen-bond acceptors (Lipinski definition) is 6. The number of halogens is 1. The molecule has 2 aliphatic heterocycles. The van der Waals surface area contributed by atoms with Crippen LogP contribution in [0.1, 0.15) is 32.6 Å². The monoisotopic (exact) mass is 350 g/mol. The maximum absolute atomic E-state index is 12.7. The van der Waals surface area contributed by atoms with Crippen LogP contribution < -0.4 is 5.32 Å². The van der Waals surface area contributed by atoms with E-state index in [4.69, 9.17) is 11.6 Å². The number of nitrogens with zero attached hydrogens (tertiary/aromatic N) is 3. The lowest BCUT2D eigenvalue weighted by Crippen LogP contribution is -2.46. The van der Waals surface area contributed by atoms with Gasteiger partial charge in [0, 0.05) is 24.4 Å². The van der Waals surface area contributed by atoms with Crippen LogP contribution >= 0.6 is 22.9 Å². The van der Waals surface area contributed by atoms with Crippen LogP contribution in [0.25, 0.3) is 0 Å². The van der Waals surface area contributed by atoms with E-state index in [0.29, 0.717) is 12.8 Å². The Bertz CT molecular complexity index is 648. The van der Waals surface area contributed by atoms with E-state index in [1.165, 1.54) is 6.92 Å². The Balaban J connectivity index is 1.87. The smallest absolute Gasteiger partial charge is 0.272 e. The second kappa shape index (κ2) is 5.45. The lowest BCUT2D eigenvalue weighted by atomic mass is 10.1. The largest absolute Gasteiger partial charge is 0.301 e. The molecule has 116 valence electrons. The molecule has 2 fully saturated rings. The number of rotatable bonds is 3. The van der Waals surface area contributed by atoms with Gasteiger partial charge in [-0.2, -0.15) is 4.31 Å². The fourth-order valence-electron chi connectivity index (χ4n) is 3.07. The van der Waals surface area contributed by atoms with E-state index >= 15 is 0 Å². The van der Waals surface area contributed by atoms with Gasteiger partial charge < -0.3 is 5.32 Å². The molecule has 2 unspecified atom stereocenters. The first kappa shape index (κ1) is 15.1. The lowest BCUT2D eigenvalue weighted by Gasteiger charge is -2.34. The summed E-state index contributed by atoms with van der Waals surface area (Å²) >= 11 is 7.05. The molecule has 7 nitrogen and oxygen atoms in total. The summed E-state index contributed by atoms with van der Waals surface area (Å²) in [7, 11) is -3.67. The van der Waals surface area contributed by atoms with E-state index in [9.17, 15) is 13.2 Å². The molecule has 1 amide bonds. The van der Waals surface area contributed by atoms with Gasteiger partial charge in [-0.1, -0.05) is 11.3 Å². The third kappa shape index (κ3) is 2.79. The van der Waals surface area contributed by atoms with Gasteiger partial charge in [0.1, 0.15) is 0 Å². The molecule has 1 aromatic rings. The summed E-state index contributed by atoms with van der Waals surface area (Å²) in [6.07, 6.45) is 3.03. The van der Waals surface area contributed by atoms with Crippen molar-refractivity contribution in [1.82, 2.24) is 14.5 Å². The molecule has 21 heavy (non-hydrogen) atoms. The van der Waals surface area contributed by atoms with Crippen molar-refractivity contribution in [2.24, 2.45) is 0 Å². The number of sulfonamides is 1. The van der Waals surface area contributed by atoms with Gasteiger partial charge in [-0.25, -0.2) is 8.42 Å². The minimum atomic E-state index is -3.67. The molecule has 2 bridgehead atoms. The summed E-state index contributed by atoms with van der Waals surface area (Å²) in [6.45, 7) is 1.33. The normalized spacial score (nSPS) is 29.5. The molecule has 3 heterocycles. The van der Waals surface area contributed by atoms with E-state index in [2.05, 4.69) is 15.5 Å². The summed E-state index contributed by atoms with van der Waals surface area (Å²) in [5, 5.41) is 10.1. The van der Waals surface area contributed by atoms with Gasteiger partial charge in [-0.05, 0) is 25.7 Å². The highest BCUT2D eigenvalue weighted by atomic mass is 35.5. The van der Waals surface area contributed by atoms with Gasteiger partial charge in [0.15, 0.2) is 0 Å². The summed E-state index contributed by atoms with van der Waals surface area (Å²) in [5.41, 5.74) is 0. The Hall–Kier alpha value is -0.770. The number of carbonyl (C=O) groups excluding carboxylic acids is 1. The quantitative estimate of drug-likeness (QED) is 0.657. The van der Waals surface area contributed by atoms with Gasteiger partial charge in [-0.15, -0.1) is 21.8 Å². The highest BCUT2D eigenvalue weighted by molar-refractivity contribution is 7.91. The molecule has 0 aromatic carbocycles. The zero-order valence-corrected chi connectivity index (χ0v) is 13.7. The van der Waals surface area contributed by atoms with Crippen LogP contribution in [-0.4, -0.2) is 46.3 Å². The molecule has 3 rings (SSSR count). The Kier molecular flexibility index (Phi) is 3.93. The van der Waals surface area contributed by atoms with Crippen molar-refractivity contribution in [3.8, 4) is 0 Å².